The minimum absolute atomic E-state index is 0.655. The third kappa shape index (κ3) is 2.50. The number of aryl methyl sites for hydroxylation is 1. The molecule has 120 valence electrons. The Morgan fingerprint density at radius 2 is 1.83 bits per heavy atom. The zero-order valence-corrected chi connectivity index (χ0v) is 14.1. The molecule has 0 amide bonds. The van der Waals surface area contributed by atoms with Crippen LogP contribution in [0, 0.1) is 11.3 Å². The van der Waals surface area contributed by atoms with Gasteiger partial charge in [0.2, 0.25) is 0 Å². The van der Waals surface area contributed by atoms with E-state index in [9.17, 15) is 5.26 Å². The Balaban J connectivity index is 2.30. The molecule has 3 aromatic rings. The maximum Gasteiger partial charge on any atom is 0.0992 e. The fraction of sp³-hybridized carbons (Fsp3) is 0.150. The summed E-state index contributed by atoms with van der Waals surface area (Å²) in [6, 6.07) is 16.4. The summed E-state index contributed by atoms with van der Waals surface area (Å²) in [4.78, 5) is 0. The first-order valence-electron chi connectivity index (χ1n) is 7.78. The molecule has 2 N–H and O–H groups in total. The van der Waals surface area contributed by atoms with E-state index in [1.165, 1.54) is 0 Å². The predicted molar refractivity (Wildman–Crippen MR) is 101 cm³/mol. The van der Waals surface area contributed by atoms with E-state index in [-0.39, 0.29) is 0 Å². The van der Waals surface area contributed by atoms with Crippen molar-refractivity contribution >= 4 is 22.3 Å². The first-order chi connectivity index (χ1) is 11.6. The van der Waals surface area contributed by atoms with Crippen molar-refractivity contribution in [1.82, 2.24) is 9.88 Å². The second kappa shape index (κ2) is 6.13. The summed E-state index contributed by atoms with van der Waals surface area (Å²) < 4.78 is 2.12. The van der Waals surface area contributed by atoms with E-state index < -0.39 is 0 Å². The van der Waals surface area contributed by atoms with E-state index in [1.54, 1.807) is 0 Å². The molecule has 0 aliphatic carbocycles. The quantitative estimate of drug-likeness (QED) is 0.766. The monoisotopic (exact) mass is 316 g/mol. The summed E-state index contributed by atoms with van der Waals surface area (Å²) in [6.07, 6.45) is 0. The second-order valence-electron chi connectivity index (χ2n) is 5.72. The van der Waals surface area contributed by atoms with Crippen LogP contribution in [-0.2, 0) is 7.05 Å². The SMILES string of the molecule is C=C(NC)c1cc2cc(C#N)cc(-c3ccc(NC)cc3)c2n1C. The van der Waals surface area contributed by atoms with Gasteiger partial charge in [0, 0.05) is 37.8 Å². The molecule has 1 aromatic heterocycles. The number of hydrogen-bond donors (Lipinski definition) is 2. The maximum absolute atomic E-state index is 9.39. The third-order valence-electron chi connectivity index (χ3n) is 4.35. The fourth-order valence-electron chi connectivity index (χ4n) is 3.02. The molecule has 4 heteroatoms. The van der Waals surface area contributed by atoms with Gasteiger partial charge in [-0.2, -0.15) is 5.26 Å². The zero-order chi connectivity index (χ0) is 17.3. The van der Waals surface area contributed by atoms with Crippen LogP contribution < -0.4 is 10.6 Å². The lowest BCUT2D eigenvalue weighted by Gasteiger charge is -2.11. The fourth-order valence-corrected chi connectivity index (χ4v) is 3.02. The van der Waals surface area contributed by atoms with Gasteiger partial charge in [-0.1, -0.05) is 18.7 Å². The highest BCUT2D eigenvalue weighted by atomic mass is 15.0. The average molecular weight is 316 g/mol. The summed E-state index contributed by atoms with van der Waals surface area (Å²) >= 11 is 0. The molecule has 0 bridgehead atoms. The molecular weight excluding hydrogens is 296 g/mol. The van der Waals surface area contributed by atoms with Gasteiger partial charge in [-0.15, -0.1) is 0 Å². The van der Waals surface area contributed by atoms with Crippen molar-refractivity contribution in [2.75, 3.05) is 19.4 Å². The van der Waals surface area contributed by atoms with Crippen molar-refractivity contribution in [2.24, 2.45) is 7.05 Å². The lowest BCUT2D eigenvalue weighted by Crippen LogP contribution is -2.07. The minimum atomic E-state index is 0.655. The molecule has 4 nitrogen and oxygen atoms in total. The van der Waals surface area contributed by atoms with Crippen molar-refractivity contribution in [3.8, 4) is 17.2 Å². The van der Waals surface area contributed by atoms with Crippen LogP contribution in [0.15, 0.2) is 49.0 Å². The van der Waals surface area contributed by atoms with Crippen molar-refractivity contribution in [2.45, 2.75) is 0 Å². The highest BCUT2D eigenvalue weighted by Gasteiger charge is 2.14. The molecule has 0 aliphatic rings. The minimum Gasteiger partial charge on any atom is -0.388 e. The summed E-state index contributed by atoms with van der Waals surface area (Å²) in [5.41, 5.74) is 6.80. The number of nitriles is 1. The Labute approximate surface area is 142 Å². The lowest BCUT2D eigenvalue weighted by atomic mass is 10.00. The summed E-state index contributed by atoms with van der Waals surface area (Å²) in [6.45, 7) is 4.06. The van der Waals surface area contributed by atoms with E-state index in [0.717, 1.165) is 39.1 Å². The second-order valence-corrected chi connectivity index (χ2v) is 5.72. The van der Waals surface area contributed by atoms with Gasteiger partial charge in [0.15, 0.2) is 0 Å². The molecule has 3 rings (SSSR count). The summed E-state index contributed by atoms with van der Waals surface area (Å²) in [5, 5.41) is 16.6. The molecule has 0 spiro atoms. The van der Waals surface area contributed by atoms with Gasteiger partial charge < -0.3 is 15.2 Å². The number of nitrogens with one attached hydrogen (secondary N) is 2. The van der Waals surface area contributed by atoms with Crippen molar-refractivity contribution in [3.63, 3.8) is 0 Å². The first kappa shape index (κ1) is 15.7. The first-order valence-corrected chi connectivity index (χ1v) is 7.78. The van der Waals surface area contributed by atoms with Crippen molar-refractivity contribution in [3.05, 3.63) is 60.3 Å². The highest BCUT2D eigenvalue weighted by molar-refractivity contribution is 5.98. The molecule has 0 aliphatic heterocycles. The van der Waals surface area contributed by atoms with Gasteiger partial charge in [0.05, 0.1) is 28.5 Å². The number of fused-ring (bicyclic) bond motifs is 1. The van der Waals surface area contributed by atoms with E-state index in [4.69, 9.17) is 0 Å². The molecule has 1 heterocycles. The standard InChI is InChI=1S/C20H20N4/c1-13(22-2)19-11-16-9-14(12-21)10-18(20(16)24(19)4)15-5-7-17(23-3)8-6-15/h5-11,22-23H,1H2,2-4H3. The van der Waals surface area contributed by atoms with Crippen LogP contribution in [0.2, 0.25) is 0 Å². The molecule has 0 fully saturated rings. The predicted octanol–water partition coefficient (Wildman–Crippen LogP) is 3.95. The zero-order valence-electron chi connectivity index (χ0n) is 14.1. The molecule has 0 saturated heterocycles. The molecule has 0 atom stereocenters. The third-order valence-corrected chi connectivity index (χ3v) is 4.35. The summed E-state index contributed by atoms with van der Waals surface area (Å²) in [7, 11) is 5.78. The van der Waals surface area contributed by atoms with E-state index in [2.05, 4.69) is 46.0 Å². The Morgan fingerprint density at radius 3 is 2.42 bits per heavy atom. The maximum atomic E-state index is 9.39. The average Bonchev–Trinajstić information content (AvgIpc) is 2.97. The Kier molecular flexibility index (Phi) is 4.01. The largest absolute Gasteiger partial charge is 0.388 e. The van der Waals surface area contributed by atoms with Gasteiger partial charge >= 0.3 is 0 Å². The van der Waals surface area contributed by atoms with Crippen LogP contribution in [0.4, 0.5) is 5.69 Å². The summed E-state index contributed by atoms with van der Waals surface area (Å²) in [5.74, 6) is 0. The number of aromatic nitrogens is 1. The van der Waals surface area contributed by atoms with Crippen LogP contribution in [0.5, 0.6) is 0 Å². The Hall–Kier alpha value is -3.19. The molecule has 0 saturated carbocycles. The number of rotatable bonds is 4. The van der Waals surface area contributed by atoms with Crippen LogP contribution in [0.1, 0.15) is 11.3 Å². The van der Waals surface area contributed by atoms with Crippen LogP contribution in [0.25, 0.3) is 27.7 Å². The topological polar surface area (TPSA) is 52.8 Å². The van der Waals surface area contributed by atoms with Gasteiger partial charge in [0.25, 0.3) is 0 Å². The normalized spacial score (nSPS) is 10.4. The molecular formula is C20H20N4. The van der Waals surface area contributed by atoms with E-state index >= 15 is 0 Å². The van der Waals surface area contributed by atoms with Crippen LogP contribution in [0.3, 0.4) is 0 Å². The Bertz CT molecular complexity index is 956. The Morgan fingerprint density at radius 1 is 1.12 bits per heavy atom. The molecule has 2 aromatic carbocycles. The number of nitrogens with zero attached hydrogens (tertiary/aromatic N) is 2. The number of benzene rings is 2. The van der Waals surface area contributed by atoms with Gasteiger partial charge in [0.1, 0.15) is 0 Å². The van der Waals surface area contributed by atoms with E-state index in [0.29, 0.717) is 5.56 Å². The number of anilines is 1. The van der Waals surface area contributed by atoms with Crippen LogP contribution >= 0.6 is 0 Å². The highest BCUT2D eigenvalue weighted by Crippen LogP contribution is 2.33. The lowest BCUT2D eigenvalue weighted by molar-refractivity contribution is 0.928. The smallest absolute Gasteiger partial charge is 0.0992 e. The molecule has 0 unspecified atom stereocenters. The van der Waals surface area contributed by atoms with E-state index in [1.807, 2.05) is 45.4 Å². The van der Waals surface area contributed by atoms with Gasteiger partial charge in [-0.3, -0.25) is 0 Å². The molecule has 0 radical (unpaired) electrons. The van der Waals surface area contributed by atoms with Gasteiger partial charge in [-0.05, 0) is 35.9 Å². The van der Waals surface area contributed by atoms with Gasteiger partial charge in [-0.25, -0.2) is 0 Å². The molecule has 24 heavy (non-hydrogen) atoms. The van der Waals surface area contributed by atoms with Crippen molar-refractivity contribution in [1.29, 1.82) is 5.26 Å². The van der Waals surface area contributed by atoms with Crippen LogP contribution in [-0.4, -0.2) is 18.7 Å². The number of hydrogen-bond acceptors (Lipinski definition) is 3. The van der Waals surface area contributed by atoms with Crippen molar-refractivity contribution < 1.29 is 0 Å².